The predicted molar refractivity (Wildman–Crippen MR) is 47.0 cm³/mol. The lowest BCUT2D eigenvalue weighted by Gasteiger charge is -2.04. The van der Waals surface area contributed by atoms with Crippen molar-refractivity contribution in [2.24, 2.45) is 0 Å². The van der Waals surface area contributed by atoms with Crippen LogP contribution in [0.5, 0.6) is 0 Å². The van der Waals surface area contributed by atoms with Crippen LogP contribution in [0.4, 0.5) is 4.53 Å². The summed E-state index contributed by atoms with van der Waals surface area (Å²) >= 11 is 5.55. The molecule has 0 aromatic carbocycles. The molecule has 4 nitrogen and oxygen atoms in total. The first-order valence-electron chi connectivity index (χ1n) is 3.97. The molecule has 0 N–H and O–H groups in total. The van der Waals surface area contributed by atoms with E-state index in [4.69, 9.17) is 11.6 Å². The van der Waals surface area contributed by atoms with Crippen LogP contribution in [0.15, 0.2) is 10.6 Å². The Labute approximate surface area is 85.5 Å². The maximum atomic E-state index is 11.6. The molecule has 0 aromatic heterocycles. The third kappa shape index (κ3) is 3.33. The molecule has 0 aliphatic heterocycles. The Kier molecular flexibility index (Phi) is 5.87. The molecule has 0 spiro atoms. The normalized spacial score (nSPS) is 11.7. The molecule has 0 heterocycles. The highest BCUT2D eigenvalue weighted by molar-refractivity contribution is 6.35. The topological polar surface area (TPSA) is 52.6 Å². The number of halogens is 2. The minimum atomic E-state index is -1.43. The molecule has 0 radical (unpaired) electrons. The molecule has 80 valence electrons. The second-order valence-electron chi connectivity index (χ2n) is 2.22. The molecule has 0 atom stereocenters. The van der Waals surface area contributed by atoms with Crippen LogP contribution >= 0.6 is 11.6 Å². The van der Waals surface area contributed by atoms with Crippen molar-refractivity contribution in [2.75, 3.05) is 6.61 Å². The van der Waals surface area contributed by atoms with Gasteiger partial charge >= 0.3 is 11.9 Å². The van der Waals surface area contributed by atoms with Gasteiger partial charge in [0.05, 0.1) is 6.61 Å². The largest absolute Gasteiger partial charge is 0.462 e. The zero-order chi connectivity index (χ0) is 11.1. The molecular formula is C8H10ClFO4. The second-order valence-corrected chi connectivity index (χ2v) is 2.67. The Bertz CT molecular complexity index is 262. The number of hydrogen-bond acceptors (Lipinski definition) is 4. The summed E-state index contributed by atoms with van der Waals surface area (Å²) in [4.78, 5) is 24.8. The third-order valence-electron chi connectivity index (χ3n) is 1.34. The van der Waals surface area contributed by atoms with Crippen molar-refractivity contribution in [3.05, 3.63) is 10.6 Å². The molecule has 0 aliphatic rings. The van der Waals surface area contributed by atoms with Gasteiger partial charge in [-0.25, -0.2) is 14.5 Å². The SMILES string of the molecule is CCOC(=O)/C(C(=O)OF)=C(\Cl)CC. The van der Waals surface area contributed by atoms with Gasteiger partial charge in [-0.2, -0.15) is 0 Å². The van der Waals surface area contributed by atoms with Gasteiger partial charge in [-0.3, -0.25) is 0 Å². The van der Waals surface area contributed by atoms with Crippen LogP contribution in [0.3, 0.4) is 0 Å². The molecule has 0 fully saturated rings. The van der Waals surface area contributed by atoms with Crippen LogP contribution < -0.4 is 0 Å². The van der Waals surface area contributed by atoms with Gasteiger partial charge < -0.3 is 4.74 Å². The molecule has 0 bridgehead atoms. The van der Waals surface area contributed by atoms with Crippen molar-refractivity contribution in [3.8, 4) is 0 Å². The van der Waals surface area contributed by atoms with Gasteiger partial charge in [-0.15, -0.1) is 0 Å². The van der Waals surface area contributed by atoms with Crippen LogP contribution in [0.2, 0.25) is 0 Å². The monoisotopic (exact) mass is 224 g/mol. The molecule has 0 aromatic rings. The van der Waals surface area contributed by atoms with Crippen LogP contribution in [0.1, 0.15) is 20.3 Å². The van der Waals surface area contributed by atoms with E-state index in [2.05, 4.69) is 9.68 Å². The Morgan fingerprint density at radius 2 is 1.86 bits per heavy atom. The van der Waals surface area contributed by atoms with Gasteiger partial charge in [0.1, 0.15) is 0 Å². The van der Waals surface area contributed by atoms with E-state index < -0.39 is 17.5 Å². The molecular weight excluding hydrogens is 215 g/mol. The van der Waals surface area contributed by atoms with E-state index in [0.717, 1.165) is 0 Å². The van der Waals surface area contributed by atoms with Crippen LogP contribution in [-0.2, 0) is 19.3 Å². The fourth-order valence-corrected chi connectivity index (χ4v) is 0.878. The summed E-state index contributed by atoms with van der Waals surface area (Å²) in [6.07, 6.45) is 0.213. The zero-order valence-corrected chi connectivity index (χ0v) is 8.56. The second kappa shape index (κ2) is 6.37. The Balaban J connectivity index is 4.92. The number of esters is 1. The lowest BCUT2D eigenvalue weighted by Crippen LogP contribution is -2.17. The van der Waals surface area contributed by atoms with E-state index in [1.807, 2.05) is 0 Å². The molecule has 0 saturated carbocycles. The van der Waals surface area contributed by atoms with Gasteiger partial charge in [-0.1, -0.05) is 18.5 Å². The predicted octanol–water partition coefficient (Wildman–Crippen LogP) is 1.88. The van der Waals surface area contributed by atoms with E-state index in [-0.39, 0.29) is 18.1 Å². The highest BCUT2D eigenvalue weighted by Crippen LogP contribution is 2.16. The van der Waals surface area contributed by atoms with Crippen LogP contribution in [0, 0.1) is 0 Å². The molecule has 0 amide bonds. The summed E-state index contributed by atoms with van der Waals surface area (Å²) in [6, 6.07) is 0. The van der Waals surface area contributed by atoms with Gasteiger partial charge in [0, 0.05) is 9.56 Å². The summed E-state index contributed by atoms with van der Waals surface area (Å²) < 4.78 is 16.1. The van der Waals surface area contributed by atoms with Crippen molar-refractivity contribution in [2.45, 2.75) is 20.3 Å². The minimum Gasteiger partial charge on any atom is -0.462 e. The average molecular weight is 225 g/mol. The van der Waals surface area contributed by atoms with Crippen molar-refractivity contribution >= 4 is 23.5 Å². The standard InChI is InChI=1S/C8H10ClFO4/c1-3-5(9)6(8(12)14-10)7(11)13-4-2/h3-4H2,1-2H3/b6-5+. The maximum absolute atomic E-state index is 11.6. The Morgan fingerprint density at radius 1 is 1.29 bits per heavy atom. The maximum Gasteiger partial charge on any atom is 0.388 e. The molecule has 0 aliphatic carbocycles. The van der Waals surface area contributed by atoms with Gasteiger partial charge in [0.2, 0.25) is 0 Å². The quantitative estimate of drug-likeness (QED) is 0.317. The first kappa shape index (κ1) is 12.9. The summed E-state index contributed by atoms with van der Waals surface area (Å²) in [7, 11) is 0. The molecule has 0 unspecified atom stereocenters. The van der Waals surface area contributed by atoms with E-state index in [1.54, 1.807) is 13.8 Å². The van der Waals surface area contributed by atoms with Crippen molar-refractivity contribution < 1.29 is 23.8 Å². The van der Waals surface area contributed by atoms with E-state index in [9.17, 15) is 14.1 Å². The summed E-state index contributed by atoms with van der Waals surface area (Å²) in [5, 5.41) is -0.0916. The molecule has 0 saturated heterocycles. The number of carbonyl (C=O) groups excluding carboxylic acids is 2. The summed E-state index contributed by atoms with van der Waals surface area (Å²) in [6.45, 7) is 3.22. The highest BCUT2D eigenvalue weighted by Gasteiger charge is 2.25. The number of ether oxygens (including phenoxy) is 1. The fourth-order valence-electron chi connectivity index (χ4n) is 0.723. The third-order valence-corrected chi connectivity index (χ3v) is 1.79. The molecule has 6 heteroatoms. The van der Waals surface area contributed by atoms with Crippen molar-refractivity contribution in [1.29, 1.82) is 0 Å². The number of allylic oxidation sites excluding steroid dienone is 1. The Morgan fingerprint density at radius 3 is 2.21 bits per heavy atom. The minimum absolute atomic E-state index is 0.0653. The van der Waals surface area contributed by atoms with Gasteiger partial charge in [-0.05, 0) is 13.3 Å². The number of hydrogen-bond donors (Lipinski definition) is 0. The van der Waals surface area contributed by atoms with Gasteiger partial charge in [0.15, 0.2) is 5.57 Å². The van der Waals surface area contributed by atoms with Crippen LogP contribution in [0.25, 0.3) is 0 Å². The van der Waals surface area contributed by atoms with E-state index in [1.165, 1.54) is 0 Å². The highest BCUT2D eigenvalue weighted by atomic mass is 35.5. The first-order chi connectivity index (χ1) is 6.58. The number of carbonyl (C=O) groups is 2. The van der Waals surface area contributed by atoms with Crippen molar-refractivity contribution in [1.82, 2.24) is 0 Å². The molecule has 0 rings (SSSR count). The summed E-state index contributed by atoms with van der Waals surface area (Å²) in [5.74, 6) is -2.42. The smallest absolute Gasteiger partial charge is 0.388 e. The van der Waals surface area contributed by atoms with E-state index in [0.29, 0.717) is 0 Å². The lowest BCUT2D eigenvalue weighted by atomic mass is 10.2. The van der Waals surface area contributed by atoms with Crippen LogP contribution in [-0.4, -0.2) is 18.5 Å². The first-order valence-corrected chi connectivity index (χ1v) is 4.34. The Hall–Kier alpha value is -1.10. The zero-order valence-electron chi connectivity index (χ0n) is 7.80. The number of rotatable bonds is 4. The fraction of sp³-hybridized carbons (Fsp3) is 0.500. The van der Waals surface area contributed by atoms with Crippen molar-refractivity contribution in [3.63, 3.8) is 0 Å². The molecule has 14 heavy (non-hydrogen) atoms. The van der Waals surface area contributed by atoms with E-state index >= 15 is 0 Å². The average Bonchev–Trinajstić information content (AvgIpc) is 2.17. The summed E-state index contributed by atoms with van der Waals surface area (Å²) in [5.41, 5.74) is -0.599. The van der Waals surface area contributed by atoms with Gasteiger partial charge in [0.25, 0.3) is 0 Å². The lowest BCUT2D eigenvalue weighted by molar-refractivity contribution is -0.179.